The van der Waals surface area contributed by atoms with Gasteiger partial charge in [-0.1, -0.05) is 6.07 Å². The highest BCUT2D eigenvalue weighted by Crippen LogP contribution is 2.25. The van der Waals surface area contributed by atoms with Gasteiger partial charge in [0.1, 0.15) is 11.4 Å². The number of nitrogens with one attached hydrogen (secondary N) is 1. The number of non-ortho nitro benzene ring substituents is 1. The molecule has 0 aliphatic carbocycles. The fourth-order valence-corrected chi connectivity index (χ4v) is 1.66. The molecule has 2 rings (SSSR count). The number of carbonyl (C=O) groups is 1. The highest BCUT2D eigenvalue weighted by atomic mass is 16.6. The molecule has 1 aromatic carbocycles. The molecular formula is C13H11N3O4. The van der Waals surface area contributed by atoms with Crippen LogP contribution in [-0.4, -0.2) is 21.0 Å². The van der Waals surface area contributed by atoms with E-state index in [9.17, 15) is 14.9 Å². The zero-order valence-electron chi connectivity index (χ0n) is 10.5. The van der Waals surface area contributed by atoms with Gasteiger partial charge < -0.3 is 10.4 Å². The van der Waals surface area contributed by atoms with Gasteiger partial charge in [0.25, 0.3) is 5.69 Å². The van der Waals surface area contributed by atoms with Crippen molar-refractivity contribution < 1.29 is 14.8 Å². The zero-order chi connectivity index (χ0) is 14.7. The van der Waals surface area contributed by atoms with Crippen molar-refractivity contribution in [3.05, 3.63) is 57.8 Å². The van der Waals surface area contributed by atoms with Gasteiger partial charge >= 0.3 is 5.97 Å². The number of pyridine rings is 1. The lowest BCUT2D eigenvalue weighted by Crippen LogP contribution is -2.05. The van der Waals surface area contributed by atoms with E-state index in [2.05, 4.69) is 10.3 Å². The van der Waals surface area contributed by atoms with Crippen LogP contribution in [0.15, 0.2) is 36.5 Å². The van der Waals surface area contributed by atoms with Crippen LogP contribution in [0.4, 0.5) is 17.2 Å². The maximum absolute atomic E-state index is 11.1. The summed E-state index contributed by atoms with van der Waals surface area (Å²) in [4.78, 5) is 25.3. The van der Waals surface area contributed by atoms with Crippen LogP contribution in [0, 0.1) is 17.0 Å². The molecule has 0 aliphatic heterocycles. The van der Waals surface area contributed by atoms with Gasteiger partial charge in [0.05, 0.1) is 4.92 Å². The van der Waals surface area contributed by atoms with E-state index in [1.807, 2.05) is 0 Å². The normalized spacial score (nSPS) is 10.1. The van der Waals surface area contributed by atoms with E-state index in [4.69, 9.17) is 5.11 Å². The van der Waals surface area contributed by atoms with Crippen molar-refractivity contribution in [1.82, 2.24) is 4.98 Å². The number of rotatable bonds is 4. The second-order valence-electron chi connectivity index (χ2n) is 4.09. The fraction of sp³-hybridized carbons (Fsp3) is 0.0769. The smallest absolute Gasteiger partial charge is 0.339 e. The summed E-state index contributed by atoms with van der Waals surface area (Å²) < 4.78 is 0. The molecule has 0 spiro atoms. The highest BCUT2D eigenvalue weighted by molar-refractivity contribution is 5.94. The molecule has 7 nitrogen and oxygen atoms in total. The molecule has 1 aromatic heterocycles. The molecule has 0 bridgehead atoms. The molecule has 2 aromatic rings. The first-order valence-corrected chi connectivity index (χ1v) is 5.69. The van der Waals surface area contributed by atoms with Crippen LogP contribution in [0.1, 0.15) is 15.9 Å². The van der Waals surface area contributed by atoms with E-state index in [1.54, 1.807) is 13.0 Å². The van der Waals surface area contributed by atoms with Crippen LogP contribution in [0.3, 0.4) is 0 Å². The summed E-state index contributed by atoms with van der Waals surface area (Å²) in [5.74, 6) is -0.979. The summed E-state index contributed by atoms with van der Waals surface area (Å²) in [6.07, 6.45) is 1.45. The number of aromatic carboxylic acids is 1. The standard InChI is InChI=1S/C13H11N3O4/c1-8-4-5-9(16(19)20)7-11(8)15-12-10(13(17)18)3-2-6-14-12/h2-7H,1H3,(H,14,15)(H,17,18). The van der Waals surface area contributed by atoms with Crippen molar-refractivity contribution in [3.63, 3.8) is 0 Å². The van der Waals surface area contributed by atoms with E-state index in [0.717, 1.165) is 5.56 Å². The Morgan fingerprint density at radius 1 is 1.40 bits per heavy atom. The van der Waals surface area contributed by atoms with Crippen LogP contribution < -0.4 is 5.32 Å². The van der Waals surface area contributed by atoms with E-state index >= 15 is 0 Å². The Balaban J connectivity index is 2.42. The second-order valence-corrected chi connectivity index (χ2v) is 4.09. The number of benzene rings is 1. The predicted molar refractivity (Wildman–Crippen MR) is 72.3 cm³/mol. The SMILES string of the molecule is Cc1ccc([N+](=O)[O-])cc1Nc1ncccc1C(=O)O. The maximum Gasteiger partial charge on any atom is 0.339 e. The number of nitro groups is 1. The minimum atomic E-state index is -1.12. The monoisotopic (exact) mass is 273 g/mol. The summed E-state index contributed by atoms with van der Waals surface area (Å²) in [6.45, 7) is 1.76. The molecule has 0 fully saturated rings. The molecule has 7 heteroatoms. The highest BCUT2D eigenvalue weighted by Gasteiger charge is 2.13. The Labute approximate surface area is 114 Å². The molecule has 0 radical (unpaired) electrons. The lowest BCUT2D eigenvalue weighted by molar-refractivity contribution is -0.384. The molecule has 102 valence electrons. The number of nitrogens with zero attached hydrogens (tertiary/aromatic N) is 2. The summed E-state index contributed by atoms with van der Waals surface area (Å²) in [6, 6.07) is 7.23. The summed E-state index contributed by atoms with van der Waals surface area (Å²) in [7, 11) is 0. The van der Waals surface area contributed by atoms with Crippen molar-refractivity contribution in [2.75, 3.05) is 5.32 Å². The number of carboxylic acid groups (broad SMARTS) is 1. The predicted octanol–water partition coefficient (Wildman–Crippen LogP) is 2.74. The molecule has 20 heavy (non-hydrogen) atoms. The van der Waals surface area contributed by atoms with Crippen molar-refractivity contribution in [3.8, 4) is 0 Å². The van der Waals surface area contributed by atoms with Gasteiger partial charge in [0.2, 0.25) is 0 Å². The van der Waals surface area contributed by atoms with Crippen LogP contribution >= 0.6 is 0 Å². The van der Waals surface area contributed by atoms with Gasteiger partial charge in [-0.3, -0.25) is 10.1 Å². The maximum atomic E-state index is 11.1. The third kappa shape index (κ3) is 2.72. The van der Waals surface area contributed by atoms with Crippen molar-refractivity contribution in [2.45, 2.75) is 6.92 Å². The molecular weight excluding hydrogens is 262 g/mol. The molecule has 1 heterocycles. The Morgan fingerprint density at radius 3 is 2.80 bits per heavy atom. The minimum absolute atomic E-state index is 0.00148. The second kappa shape index (κ2) is 5.35. The number of nitro benzene ring substituents is 1. The Hall–Kier alpha value is -2.96. The number of hydrogen-bond donors (Lipinski definition) is 2. The number of aryl methyl sites for hydroxylation is 1. The number of anilines is 2. The quantitative estimate of drug-likeness (QED) is 0.655. The number of carboxylic acids is 1. The van der Waals surface area contributed by atoms with Gasteiger partial charge in [0.15, 0.2) is 0 Å². The van der Waals surface area contributed by atoms with E-state index in [1.165, 1.54) is 30.5 Å². The molecule has 0 saturated heterocycles. The van der Waals surface area contributed by atoms with Gasteiger partial charge in [-0.2, -0.15) is 0 Å². The van der Waals surface area contributed by atoms with Crippen molar-refractivity contribution >= 4 is 23.2 Å². The lowest BCUT2D eigenvalue weighted by Gasteiger charge is -2.10. The Bertz CT molecular complexity index is 685. The van der Waals surface area contributed by atoms with Gasteiger partial charge in [0, 0.05) is 24.0 Å². The molecule has 0 unspecified atom stereocenters. The number of aromatic nitrogens is 1. The average Bonchev–Trinajstić information content (AvgIpc) is 2.41. The van der Waals surface area contributed by atoms with E-state index in [-0.39, 0.29) is 17.1 Å². The van der Waals surface area contributed by atoms with Gasteiger partial charge in [-0.15, -0.1) is 0 Å². The van der Waals surface area contributed by atoms with Crippen molar-refractivity contribution in [2.24, 2.45) is 0 Å². The molecule has 0 amide bonds. The van der Waals surface area contributed by atoms with Crippen LogP contribution in [0.2, 0.25) is 0 Å². The van der Waals surface area contributed by atoms with Crippen LogP contribution in [-0.2, 0) is 0 Å². The van der Waals surface area contributed by atoms with Gasteiger partial charge in [-0.25, -0.2) is 9.78 Å². The molecule has 0 saturated carbocycles. The van der Waals surface area contributed by atoms with Crippen LogP contribution in [0.25, 0.3) is 0 Å². The summed E-state index contributed by atoms with van der Waals surface area (Å²) in [5, 5.41) is 22.6. The van der Waals surface area contributed by atoms with Crippen molar-refractivity contribution in [1.29, 1.82) is 0 Å². The van der Waals surface area contributed by atoms with Gasteiger partial charge in [-0.05, 0) is 24.6 Å². The Kier molecular flexibility index (Phi) is 3.60. The zero-order valence-corrected chi connectivity index (χ0v) is 10.5. The lowest BCUT2D eigenvalue weighted by atomic mass is 10.1. The summed E-state index contributed by atoms with van der Waals surface area (Å²) in [5.41, 5.74) is 1.11. The van der Waals surface area contributed by atoms with E-state index < -0.39 is 10.9 Å². The first-order chi connectivity index (χ1) is 9.49. The Morgan fingerprint density at radius 2 is 2.15 bits per heavy atom. The fourth-order valence-electron chi connectivity index (χ4n) is 1.66. The first-order valence-electron chi connectivity index (χ1n) is 5.69. The minimum Gasteiger partial charge on any atom is -0.478 e. The largest absolute Gasteiger partial charge is 0.478 e. The first kappa shape index (κ1) is 13.5. The molecule has 2 N–H and O–H groups in total. The van der Waals surface area contributed by atoms with E-state index in [0.29, 0.717) is 5.69 Å². The number of hydrogen-bond acceptors (Lipinski definition) is 5. The van der Waals surface area contributed by atoms with Crippen LogP contribution in [0.5, 0.6) is 0 Å². The third-order valence-electron chi connectivity index (χ3n) is 2.72. The summed E-state index contributed by atoms with van der Waals surface area (Å²) >= 11 is 0. The molecule has 0 aliphatic rings. The average molecular weight is 273 g/mol. The topological polar surface area (TPSA) is 105 Å². The third-order valence-corrected chi connectivity index (χ3v) is 2.72. The molecule has 0 atom stereocenters.